The number of ketones is 1. The van der Waals surface area contributed by atoms with Crippen molar-refractivity contribution < 1.29 is 29.0 Å². The third-order valence-electron chi connectivity index (χ3n) is 7.08. The zero-order chi connectivity index (χ0) is 28.9. The van der Waals surface area contributed by atoms with Gasteiger partial charge in [0.05, 0.1) is 18.7 Å². The number of aromatic nitrogens is 3. The van der Waals surface area contributed by atoms with Crippen LogP contribution in [0.3, 0.4) is 0 Å². The molecule has 1 fully saturated rings. The number of phenolic OH excluding ortho intramolecular Hbond substituents is 1. The van der Waals surface area contributed by atoms with E-state index in [1.54, 1.807) is 36.4 Å². The number of rotatable bonds is 10. The predicted octanol–water partition coefficient (Wildman–Crippen LogP) is 3.42. The summed E-state index contributed by atoms with van der Waals surface area (Å²) in [5.74, 6) is -0.965. The van der Waals surface area contributed by atoms with Crippen molar-refractivity contribution in [3.8, 4) is 11.5 Å². The van der Waals surface area contributed by atoms with Gasteiger partial charge < -0.3 is 19.9 Å². The summed E-state index contributed by atoms with van der Waals surface area (Å²) < 4.78 is 12.5. The number of nitrogens with one attached hydrogen (secondary N) is 1. The highest BCUT2D eigenvalue weighted by Gasteiger charge is 2.34. The van der Waals surface area contributed by atoms with E-state index in [1.165, 1.54) is 35.7 Å². The second kappa shape index (κ2) is 12.2. The van der Waals surface area contributed by atoms with E-state index in [0.717, 1.165) is 12.8 Å². The fourth-order valence-electron chi connectivity index (χ4n) is 4.93. The summed E-state index contributed by atoms with van der Waals surface area (Å²) in [5.41, 5.74) is 2.57. The topological polar surface area (TPSA) is 136 Å². The maximum atomic E-state index is 14.2. The molecule has 2 amide bonds. The number of Topliss-reactive ketones (excluding diaryl/α,β-unsaturated/α-hetero) is 1. The molecule has 11 heteroatoms. The summed E-state index contributed by atoms with van der Waals surface area (Å²) in [6.45, 7) is 2.17. The van der Waals surface area contributed by atoms with Gasteiger partial charge in [0.1, 0.15) is 18.1 Å². The number of benzene rings is 3. The Bertz CT molecular complexity index is 1560. The first kappa shape index (κ1) is 27.8. The summed E-state index contributed by atoms with van der Waals surface area (Å²) in [4.78, 5) is 41.4. The van der Waals surface area contributed by atoms with E-state index < -0.39 is 17.9 Å². The lowest BCUT2D eigenvalue weighted by molar-refractivity contribution is -0.127. The van der Waals surface area contributed by atoms with Crippen molar-refractivity contribution >= 4 is 34.3 Å². The van der Waals surface area contributed by atoms with Gasteiger partial charge >= 0.3 is 0 Å². The molecule has 1 saturated heterocycles. The zero-order valence-electron chi connectivity index (χ0n) is 22.8. The van der Waals surface area contributed by atoms with Gasteiger partial charge in [-0.15, -0.1) is 5.10 Å². The van der Waals surface area contributed by atoms with Gasteiger partial charge in [-0.25, -0.2) is 4.68 Å². The fourth-order valence-corrected chi connectivity index (χ4v) is 4.93. The van der Waals surface area contributed by atoms with Crippen LogP contribution in [0.2, 0.25) is 0 Å². The van der Waals surface area contributed by atoms with Gasteiger partial charge in [0.15, 0.2) is 17.3 Å². The van der Waals surface area contributed by atoms with E-state index >= 15 is 0 Å². The highest BCUT2D eigenvalue weighted by molar-refractivity contribution is 6.02. The molecule has 0 unspecified atom stereocenters. The second-order valence-electron chi connectivity index (χ2n) is 9.82. The van der Waals surface area contributed by atoms with Crippen LogP contribution in [-0.4, -0.2) is 64.1 Å². The molecule has 2 atom stereocenters. The number of anilines is 1. The average Bonchev–Trinajstić information content (AvgIpc) is 3.65. The molecular weight excluding hydrogens is 526 g/mol. The Hall–Kier alpha value is -4.77. The van der Waals surface area contributed by atoms with Gasteiger partial charge in [-0.2, -0.15) is 0 Å². The molecule has 1 aliphatic heterocycles. The Morgan fingerprint density at radius 1 is 1.15 bits per heavy atom. The molecule has 4 aromatic rings. The number of aromatic hydroxyl groups is 1. The minimum Gasteiger partial charge on any atom is -0.504 e. The molecule has 11 nitrogen and oxygen atoms in total. The highest BCUT2D eigenvalue weighted by Crippen LogP contribution is 2.34. The van der Waals surface area contributed by atoms with Crippen LogP contribution in [0.1, 0.15) is 41.7 Å². The number of phenols is 1. The summed E-state index contributed by atoms with van der Waals surface area (Å²) in [6, 6.07) is 17.1. The molecule has 41 heavy (non-hydrogen) atoms. The minimum absolute atomic E-state index is 0.104. The molecule has 1 aromatic heterocycles. The Balaban J connectivity index is 1.58. The molecule has 0 bridgehead atoms. The maximum Gasteiger partial charge on any atom is 0.249 e. The normalized spacial score (nSPS) is 15.4. The first-order chi connectivity index (χ1) is 19.9. The van der Waals surface area contributed by atoms with Crippen molar-refractivity contribution in [3.63, 3.8) is 0 Å². The zero-order valence-corrected chi connectivity index (χ0v) is 22.8. The van der Waals surface area contributed by atoms with Crippen LogP contribution in [0.25, 0.3) is 11.0 Å². The molecule has 0 saturated carbocycles. The van der Waals surface area contributed by atoms with Crippen molar-refractivity contribution in [1.29, 1.82) is 0 Å². The van der Waals surface area contributed by atoms with Gasteiger partial charge in [-0.3, -0.25) is 19.3 Å². The molecule has 5 rings (SSSR count). The molecule has 1 aliphatic rings. The number of hydrogen-bond donors (Lipinski definition) is 2. The average molecular weight is 558 g/mol. The number of carbonyl (C=O) groups is 3. The molecule has 2 heterocycles. The lowest BCUT2D eigenvalue weighted by Crippen LogP contribution is -2.46. The molecule has 0 radical (unpaired) electrons. The van der Waals surface area contributed by atoms with Crippen LogP contribution in [0.5, 0.6) is 11.5 Å². The van der Waals surface area contributed by atoms with Crippen molar-refractivity contribution in [3.05, 3.63) is 77.9 Å². The number of para-hydroxylation sites is 1. The largest absolute Gasteiger partial charge is 0.504 e. The molecular formula is C30H31N5O6. The van der Waals surface area contributed by atoms with Gasteiger partial charge in [0.25, 0.3) is 0 Å². The van der Waals surface area contributed by atoms with E-state index in [1.807, 2.05) is 18.2 Å². The number of ether oxygens (including phenoxy) is 2. The van der Waals surface area contributed by atoms with E-state index in [2.05, 4.69) is 15.6 Å². The number of hydrogen-bond acceptors (Lipinski definition) is 8. The Kier molecular flexibility index (Phi) is 8.25. The van der Waals surface area contributed by atoms with Gasteiger partial charge in [0.2, 0.25) is 11.8 Å². The van der Waals surface area contributed by atoms with Crippen LogP contribution < -0.4 is 15.0 Å². The quantitative estimate of drug-likeness (QED) is 0.283. The van der Waals surface area contributed by atoms with Crippen LogP contribution in [0, 0.1) is 0 Å². The summed E-state index contributed by atoms with van der Waals surface area (Å²) in [7, 11) is 1.41. The number of nitrogens with zero attached hydrogens (tertiary/aromatic N) is 4. The Morgan fingerprint density at radius 2 is 1.93 bits per heavy atom. The number of fused-ring (bicyclic) bond motifs is 1. The standard InChI is InChI=1S/C30H31N5O6/c1-19(36)20-9-12-22(13-10-20)35(28(38)18-34-25-8-4-3-7-24(25)32-33-34)29(21-11-14-26(37)27(16-21)40-2)30(39)31-17-23-6-5-15-41-23/h3-4,7-14,16,23,29,37H,5-6,15,17-18H2,1-2H3,(H,31,39)/t23-,29-/m0/s1. The van der Waals surface area contributed by atoms with Gasteiger partial charge in [-0.05, 0) is 73.9 Å². The van der Waals surface area contributed by atoms with Crippen molar-refractivity contribution in [2.75, 3.05) is 25.2 Å². The van der Waals surface area contributed by atoms with Gasteiger partial charge in [0, 0.05) is 24.4 Å². The lowest BCUT2D eigenvalue weighted by atomic mass is 10.0. The van der Waals surface area contributed by atoms with Crippen molar-refractivity contribution in [2.45, 2.75) is 38.5 Å². The maximum absolute atomic E-state index is 14.2. The number of carbonyl (C=O) groups excluding carboxylic acids is 3. The molecule has 0 spiro atoms. The van der Waals surface area contributed by atoms with E-state index in [4.69, 9.17) is 9.47 Å². The first-order valence-corrected chi connectivity index (χ1v) is 13.3. The van der Waals surface area contributed by atoms with E-state index in [-0.39, 0.29) is 36.5 Å². The Morgan fingerprint density at radius 3 is 2.63 bits per heavy atom. The smallest absolute Gasteiger partial charge is 0.249 e. The monoisotopic (exact) mass is 557 g/mol. The third-order valence-corrected chi connectivity index (χ3v) is 7.08. The van der Waals surface area contributed by atoms with Crippen LogP contribution >= 0.6 is 0 Å². The van der Waals surface area contributed by atoms with Crippen molar-refractivity contribution in [1.82, 2.24) is 20.3 Å². The van der Waals surface area contributed by atoms with Crippen LogP contribution in [0.15, 0.2) is 66.7 Å². The molecule has 3 aromatic carbocycles. The predicted molar refractivity (Wildman–Crippen MR) is 151 cm³/mol. The van der Waals surface area contributed by atoms with Crippen molar-refractivity contribution in [2.24, 2.45) is 0 Å². The van der Waals surface area contributed by atoms with E-state index in [0.29, 0.717) is 34.5 Å². The Labute approximate surface area is 236 Å². The lowest BCUT2D eigenvalue weighted by Gasteiger charge is -2.32. The fraction of sp³-hybridized carbons (Fsp3) is 0.300. The molecule has 212 valence electrons. The third kappa shape index (κ3) is 6.04. The number of amides is 2. The first-order valence-electron chi connectivity index (χ1n) is 13.3. The molecule has 0 aliphatic carbocycles. The SMILES string of the molecule is COc1cc([C@@H](C(=O)NC[C@@H]2CCCO2)N(C(=O)Cn2nnc3ccccc32)c2ccc(C(C)=O)cc2)ccc1O. The molecule has 2 N–H and O–H groups in total. The van der Waals surface area contributed by atoms with E-state index in [9.17, 15) is 19.5 Å². The van der Waals surface area contributed by atoms with Crippen LogP contribution in [0.4, 0.5) is 5.69 Å². The minimum atomic E-state index is -1.16. The van der Waals surface area contributed by atoms with Gasteiger partial charge in [-0.1, -0.05) is 23.4 Å². The highest BCUT2D eigenvalue weighted by atomic mass is 16.5. The van der Waals surface area contributed by atoms with Crippen LogP contribution in [-0.2, 0) is 20.9 Å². The summed E-state index contributed by atoms with van der Waals surface area (Å²) in [6.07, 6.45) is 1.62. The second-order valence-corrected chi connectivity index (χ2v) is 9.82. The summed E-state index contributed by atoms with van der Waals surface area (Å²) in [5, 5.41) is 21.5. The number of methoxy groups -OCH3 is 1. The summed E-state index contributed by atoms with van der Waals surface area (Å²) >= 11 is 0.